The number of aromatic amines is 1. The van der Waals surface area contributed by atoms with Crippen molar-refractivity contribution in [3.63, 3.8) is 0 Å². The Labute approximate surface area is 165 Å². The standard InChI is InChI=1S/C22H16N4O3/c1-12-5-3-4-6-16(12)26-21(27)15-11-23-20-18(17(15)22(26)28)19(24-25-20)13-7-9-14(29-2)10-8-13/h3-11H,1-2H3,(H,23,24,25). The predicted octanol–water partition coefficient (Wildman–Crippen LogP) is 3.74. The van der Waals surface area contributed by atoms with Gasteiger partial charge in [0.25, 0.3) is 11.8 Å². The van der Waals surface area contributed by atoms with E-state index in [0.717, 1.165) is 16.9 Å². The van der Waals surface area contributed by atoms with Crippen LogP contribution in [0.25, 0.3) is 22.3 Å². The molecule has 0 aliphatic carbocycles. The Hall–Kier alpha value is -4.00. The van der Waals surface area contributed by atoms with E-state index < -0.39 is 0 Å². The Balaban J connectivity index is 1.72. The number of pyridine rings is 1. The second-order valence-corrected chi connectivity index (χ2v) is 6.80. The first-order valence-corrected chi connectivity index (χ1v) is 9.06. The summed E-state index contributed by atoms with van der Waals surface area (Å²) in [6, 6.07) is 14.7. The second-order valence-electron chi connectivity index (χ2n) is 6.80. The molecule has 0 unspecified atom stereocenters. The lowest BCUT2D eigenvalue weighted by atomic mass is 10.0. The Bertz CT molecular complexity index is 1290. The lowest BCUT2D eigenvalue weighted by molar-refractivity contribution is 0.0926. The molecule has 1 aliphatic rings. The number of nitrogens with one attached hydrogen (secondary N) is 1. The molecule has 2 aromatic heterocycles. The topological polar surface area (TPSA) is 88.2 Å². The number of carbonyl (C=O) groups is 2. The maximum absolute atomic E-state index is 13.4. The molecule has 5 rings (SSSR count). The number of hydrogen-bond acceptors (Lipinski definition) is 5. The first kappa shape index (κ1) is 17.1. The molecule has 2 amide bonds. The molecule has 3 heterocycles. The van der Waals surface area contributed by atoms with Crippen molar-refractivity contribution in [2.75, 3.05) is 12.0 Å². The van der Waals surface area contributed by atoms with Crippen molar-refractivity contribution < 1.29 is 14.3 Å². The molecule has 0 saturated heterocycles. The summed E-state index contributed by atoms with van der Waals surface area (Å²) in [5, 5.41) is 7.75. The number of H-pyrrole nitrogens is 1. The van der Waals surface area contributed by atoms with E-state index in [1.54, 1.807) is 19.2 Å². The van der Waals surface area contributed by atoms with Crippen LogP contribution in [0.4, 0.5) is 5.69 Å². The first-order valence-electron chi connectivity index (χ1n) is 9.06. The molecule has 7 nitrogen and oxygen atoms in total. The fourth-order valence-corrected chi connectivity index (χ4v) is 3.70. The molecule has 0 fully saturated rings. The van der Waals surface area contributed by atoms with Crippen molar-refractivity contribution in [2.24, 2.45) is 0 Å². The Morgan fingerprint density at radius 3 is 2.48 bits per heavy atom. The van der Waals surface area contributed by atoms with Crippen LogP contribution in [0.1, 0.15) is 26.3 Å². The number of fused-ring (bicyclic) bond motifs is 3. The van der Waals surface area contributed by atoms with E-state index in [-0.39, 0.29) is 17.4 Å². The zero-order chi connectivity index (χ0) is 20.1. The highest BCUT2D eigenvalue weighted by atomic mass is 16.5. The van der Waals surface area contributed by atoms with Crippen LogP contribution in [0.5, 0.6) is 5.75 Å². The molecule has 2 aromatic carbocycles. The summed E-state index contributed by atoms with van der Waals surface area (Å²) in [6.45, 7) is 1.87. The minimum atomic E-state index is -0.379. The van der Waals surface area contributed by atoms with E-state index in [1.807, 2.05) is 43.3 Å². The van der Waals surface area contributed by atoms with Crippen molar-refractivity contribution in [3.8, 4) is 17.0 Å². The van der Waals surface area contributed by atoms with Gasteiger partial charge in [-0.3, -0.25) is 14.7 Å². The van der Waals surface area contributed by atoms with Gasteiger partial charge in [0.1, 0.15) is 5.75 Å². The van der Waals surface area contributed by atoms with Crippen LogP contribution in [0.15, 0.2) is 54.7 Å². The smallest absolute Gasteiger partial charge is 0.267 e. The number of benzene rings is 2. The van der Waals surface area contributed by atoms with Gasteiger partial charge in [0.2, 0.25) is 0 Å². The van der Waals surface area contributed by atoms with Crippen LogP contribution < -0.4 is 9.64 Å². The first-order chi connectivity index (χ1) is 14.1. The highest BCUT2D eigenvalue weighted by Gasteiger charge is 2.40. The quantitative estimate of drug-likeness (QED) is 0.544. The molecule has 0 atom stereocenters. The third kappa shape index (κ3) is 2.44. The van der Waals surface area contributed by atoms with Gasteiger partial charge in [-0.1, -0.05) is 18.2 Å². The summed E-state index contributed by atoms with van der Waals surface area (Å²) in [5.74, 6) is -0.0312. The number of nitrogens with zero attached hydrogens (tertiary/aromatic N) is 3. The van der Waals surface area contributed by atoms with Crippen LogP contribution in [0.2, 0.25) is 0 Å². The van der Waals surface area contributed by atoms with Gasteiger partial charge in [-0.15, -0.1) is 0 Å². The summed E-state index contributed by atoms with van der Waals surface area (Å²) in [6.07, 6.45) is 1.43. The number of ether oxygens (including phenoxy) is 1. The molecule has 0 radical (unpaired) electrons. The third-order valence-electron chi connectivity index (χ3n) is 5.17. The number of rotatable bonds is 3. The molecule has 0 bridgehead atoms. The lowest BCUT2D eigenvalue weighted by Crippen LogP contribution is -2.30. The molecule has 0 saturated carbocycles. The van der Waals surface area contributed by atoms with Crippen LogP contribution >= 0.6 is 0 Å². The number of amides is 2. The van der Waals surface area contributed by atoms with Crippen LogP contribution in [-0.2, 0) is 0 Å². The zero-order valence-corrected chi connectivity index (χ0v) is 15.8. The SMILES string of the molecule is COc1ccc(-c2[nH]nc3ncc4c(c23)C(=O)N(c2ccccc2C)C4=O)cc1. The van der Waals surface area contributed by atoms with Crippen molar-refractivity contribution in [1.82, 2.24) is 15.2 Å². The van der Waals surface area contributed by atoms with Gasteiger partial charge >= 0.3 is 0 Å². The number of aromatic nitrogens is 3. The van der Waals surface area contributed by atoms with Crippen molar-refractivity contribution in [2.45, 2.75) is 6.92 Å². The Morgan fingerprint density at radius 2 is 1.76 bits per heavy atom. The zero-order valence-electron chi connectivity index (χ0n) is 15.8. The third-order valence-corrected chi connectivity index (χ3v) is 5.17. The van der Waals surface area contributed by atoms with E-state index in [9.17, 15) is 9.59 Å². The van der Waals surface area contributed by atoms with Gasteiger partial charge in [0.15, 0.2) is 5.65 Å². The van der Waals surface area contributed by atoms with Crippen molar-refractivity contribution >= 4 is 28.5 Å². The predicted molar refractivity (Wildman–Crippen MR) is 108 cm³/mol. The van der Waals surface area contributed by atoms with Crippen LogP contribution in [0, 0.1) is 6.92 Å². The minimum Gasteiger partial charge on any atom is -0.497 e. The van der Waals surface area contributed by atoms with E-state index in [1.165, 1.54) is 11.1 Å². The Morgan fingerprint density at radius 1 is 1.00 bits per heavy atom. The van der Waals surface area contributed by atoms with Gasteiger partial charge < -0.3 is 4.74 Å². The number of methoxy groups -OCH3 is 1. The van der Waals surface area contributed by atoms with Gasteiger partial charge in [-0.25, -0.2) is 9.88 Å². The molecule has 142 valence electrons. The summed E-state index contributed by atoms with van der Waals surface area (Å²) in [5.41, 5.74) is 3.86. The summed E-state index contributed by atoms with van der Waals surface area (Å²) in [4.78, 5) is 32.0. The fraction of sp³-hybridized carbons (Fsp3) is 0.0909. The number of anilines is 1. The summed E-state index contributed by atoms with van der Waals surface area (Å²) < 4.78 is 5.21. The summed E-state index contributed by atoms with van der Waals surface area (Å²) in [7, 11) is 1.60. The van der Waals surface area contributed by atoms with Gasteiger partial charge in [0, 0.05) is 11.8 Å². The maximum atomic E-state index is 13.4. The van der Waals surface area contributed by atoms with Gasteiger partial charge in [-0.2, -0.15) is 5.10 Å². The monoisotopic (exact) mass is 384 g/mol. The molecule has 29 heavy (non-hydrogen) atoms. The fourth-order valence-electron chi connectivity index (χ4n) is 3.70. The number of carbonyl (C=O) groups excluding carboxylic acids is 2. The average Bonchev–Trinajstić information content (AvgIpc) is 3.28. The lowest BCUT2D eigenvalue weighted by Gasteiger charge is -2.16. The van der Waals surface area contributed by atoms with E-state index in [4.69, 9.17) is 4.74 Å². The summed E-state index contributed by atoms with van der Waals surface area (Å²) >= 11 is 0. The normalized spacial score (nSPS) is 13.2. The van der Waals surface area contributed by atoms with Crippen LogP contribution in [-0.4, -0.2) is 34.1 Å². The van der Waals surface area contributed by atoms with Gasteiger partial charge in [-0.05, 0) is 42.8 Å². The highest BCUT2D eigenvalue weighted by molar-refractivity contribution is 6.38. The molecular formula is C22H16N4O3. The molecular weight excluding hydrogens is 368 g/mol. The average molecular weight is 384 g/mol. The largest absolute Gasteiger partial charge is 0.497 e. The molecule has 1 aliphatic heterocycles. The Kier molecular flexibility index (Phi) is 3.70. The van der Waals surface area contributed by atoms with Crippen molar-refractivity contribution in [3.05, 3.63) is 71.4 Å². The maximum Gasteiger partial charge on any atom is 0.267 e. The highest BCUT2D eigenvalue weighted by Crippen LogP contribution is 2.37. The molecule has 0 spiro atoms. The number of para-hydroxylation sites is 1. The molecule has 4 aromatic rings. The number of imide groups is 1. The number of aryl methyl sites for hydroxylation is 1. The van der Waals surface area contributed by atoms with Gasteiger partial charge in [0.05, 0.1) is 35.0 Å². The van der Waals surface area contributed by atoms with Crippen LogP contribution in [0.3, 0.4) is 0 Å². The van der Waals surface area contributed by atoms with E-state index >= 15 is 0 Å². The molecule has 7 heteroatoms. The minimum absolute atomic E-state index is 0.280. The molecule has 1 N–H and O–H groups in total. The van der Waals surface area contributed by atoms with Crippen molar-refractivity contribution in [1.29, 1.82) is 0 Å². The number of hydrogen-bond donors (Lipinski definition) is 1. The van der Waals surface area contributed by atoms with E-state index in [0.29, 0.717) is 28.0 Å². The second kappa shape index (κ2) is 6.27. The van der Waals surface area contributed by atoms with E-state index in [2.05, 4.69) is 15.2 Å².